The zero-order valence-corrected chi connectivity index (χ0v) is 9.49. The molecule has 2 atom stereocenters. The first-order valence-corrected chi connectivity index (χ1v) is 5.64. The lowest BCUT2D eigenvalue weighted by molar-refractivity contribution is -0.269. The van der Waals surface area contributed by atoms with Crippen molar-refractivity contribution >= 4 is 0 Å². The number of ether oxygens (including phenoxy) is 2. The number of benzene rings is 1. The van der Waals surface area contributed by atoms with Crippen molar-refractivity contribution in [2.45, 2.75) is 26.3 Å². The molecule has 0 N–H and O–H groups in total. The number of hydrogen-bond donors (Lipinski definition) is 0. The van der Waals surface area contributed by atoms with Gasteiger partial charge in [0.15, 0.2) is 0 Å². The van der Waals surface area contributed by atoms with Crippen molar-refractivity contribution in [1.82, 2.24) is 0 Å². The summed E-state index contributed by atoms with van der Waals surface area (Å²) in [6, 6.07) is 9.91. The van der Waals surface area contributed by atoms with E-state index in [1.165, 1.54) is 0 Å². The largest absolute Gasteiger partial charge is 0.376 e. The van der Waals surface area contributed by atoms with Crippen LogP contribution in [0, 0.1) is 5.41 Å². The van der Waals surface area contributed by atoms with Crippen molar-refractivity contribution in [3.8, 4) is 0 Å². The fourth-order valence-electron chi connectivity index (χ4n) is 1.80. The second-order valence-electron chi connectivity index (χ2n) is 4.32. The maximum Gasteiger partial charge on any atom is 0.208 e. The summed E-state index contributed by atoms with van der Waals surface area (Å²) in [5, 5.41) is 0. The summed E-state index contributed by atoms with van der Waals surface area (Å²) in [7, 11) is 0. The van der Waals surface area contributed by atoms with Gasteiger partial charge >= 0.3 is 0 Å². The van der Waals surface area contributed by atoms with Gasteiger partial charge in [0.2, 0.25) is 6.36 Å². The highest BCUT2D eigenvalue weighted by atomic mass is 19.1. The molecule has 1 heterocycles. The summed E-state index contributed by atoms with van der Waals surface area (Å²) < 4.78 is 23.6. The first-order valence-electron chi connectivity index (χ1n) is 5.64. The summed E-state index contributed by atoms with van der Waals surface area (Å²) >= 11 is 0. The fourth-order valence-corrected chi connectivity index (χ4v) is 1.80. The Bertz CT molecular complexity index is 324. The number of halogens is 1. The minimum Gasteiger partial charge on any atom is -0.376 e. The van der Waals surface area contributed by atoms with E-state index in [-0.39, 0.29) is 0 Å². The van der Waals surface area contributed by atoms with E-state index < -0.39 is 11.8 Å². The Kier molecular flexibility index (Phi) is 3.56. The maximum absolute atomic E-state index is 13.3. The van der Waals surface area contributed by atoms with E-state index in [4.69, 9.17) is 9.47 Å². The molecule has 0 spiro atoms. The monoisotopic (exact) mass is 224 g/mol. The fraction of sp³-hybridized carbons (Fsp3) is 0.538. The molecule has 1 aromatic carbocycles. The highest BCUT2D eigenvalue weighted by Gasteiger charge is 2.48. The second kappa shape index (κ2) is 4.93. The van der Waals surface area contributed by atoms with Gasteiger partial charge in [-0.2, -0.15) is 0 Å². The van der Waals surface area contributed by atoms with Crippen LogP contribution in [0.2, 0.25) is 0 Å². The third kappa shape index (κ3) is 2.25. The Morgan fingerprint density at radius 3 is 2.69 bits per heavy atom. The van der Waals surface area contributed by atoms with Gasteiger partial charge in [-0.05, 0) is 12.0 Å². The van der Waals surface area contributed by atoms with Gasteiger partial charge in [-0.25, -0.2) is 4.39 Å². The second-order valence-corrected chi connectivity index (χ2v) is 4.32. The molecule has 0 amide bonds. The minimum absolute atomic E-state index is 0.408. The van der Waals surface area contributed by atoms with Gasteiger partial charge in [-0.15, -0.1) is 0 Å². The number of hydrogen-bond acceptors (Lipinski definition) is 2. The topological polar surface area (TPSA) is 18.5 Å². The molecular formula is C13H17FO2. The molecule has 1 fully saturated rings. The molecule has 2 nitrogen and oxygen atoms in total. The molecule has 2 rings (SSSR count). The van der Waals surface area contributed by atoms with Crippen LogP contribution in [0.5, 0.6) is 0 Å². The third-order valence-electron chi connectivity index (χ3n) is 3.20. The summed E-state index contributed by atoms with van der Waals surface area (Å²) in [6.45, 7) is 3.41. The van der Waals surface area contributed by atoms with E-state index >= 15 is 0 Å². The lowest BCUT2D eigenvalue weighted by Gasteiger charge is -2.43. The van der Waals surface area contributed by atoms with Gasteiger partial charge in [-0.1, -0.05) is 37.3 Å². The normalized spacial score (nSPS) is 28.8. The first kappa shape index (κ1) is 11.6. The number of alkyl halides is 1. The predicted octanol–water partition coefficient (Wildman–Crippen LogP) is 2.93. The summed E-state index contributed by atoms with van der Waals surface area (Å²) in [4.78, 5) is 0. The smallest absolute Gasteiger partial charge is 0.208 e. The van der Waals surface area contributed by atoms with E-state index in [1.807, 2.05) is 37.3 Å². The van der Waals surface area contributed by atoms with Gasteiger partial charge in [0, 0.05) is 0 Å². The molecule has 0 aromatic heterocycles. The van der Waals surface area contributed by atoms with Crippen LogP contribution >= 0.6 is 0 Å². The summed E-state index contributed by atoms with van der Waals surface area (Å²) in [5.41, 5.74) is 0.707. The molecule has 16 heavy (non-hydrogen) atoms. The molecular weight excluding hydrogens is 207 g/mol. The lowest BCUT2D eigenvalue weighted by atomic mass is 9.83. The molecule has 1 saturated heterocycles. The molecule has 0 aliphatic carbocycles. The van der Waals surface area contributed by atoms with Crippen LogP contribution < -0.4 is 0 Å². The molecule has 1 aliphatic rings. The predicted molar refractivity (Wildman–Crippen MR) is 59.7 cm³/mol. The average Bonchev–Trinajstić information content (AvgIpc) is 2.34. The van der Waals surface area contributed by atoms with Crippen LogP contribution in [0.25, 0.3) is 0 Å². The molecule has 1 aromatic rings. The van der Waals surface area contributed by atoms with Crippen molar-refractivity contribution in [2.24, 2.45) is 5.41 Å². The highest BCUT2D eigenvalue weighted by molar-refractivity contribution is 5.13. The van der Waals surface area contributed by atoms with Gasteiger partial charge in [0.25, 0.3) is 0 Å². The Morgan fingerprint density at radius 1 is 1.44 bits per heavy atom. The van der Waals surface area contributed by atoms with E-state index in [1.54, 1.807) is 0 Å². The zero-order valence-electron chi connectivity index (χ0n) is 9.49. The molecule has 1 aliphatic heterocycles. The van der Waals surface area contributed by atoms with Crippen LogP contribution in [0.1, 0.15) is 18.9 Å². The SMILES string of the molecule is CCC1(COCc2ccccc2)COC1F. The average molecular weight is 224 g/mol. The Morgan fingerprint density at radius 2 is 2.19 bits per heavy atom. The van der Waals surface area contributed by atoms with Gasteiger partial charge < -0.3 is 9.47 Å². The van der Waals surface area contributed by atoms with Crippen molar-refractivity contribution in [3.63, 3.8) is 0 Å². The molecule has 0 bridgehead atoms. The van der Waals surface area contributed by atoms with Crippen LogP contribution in [-0.4, -0.2) is 19.6 Å². The zero-order chi connectivity index (χ0) is 11.4. The Balaban J connectivity index is 1.80. The molecule has 2 unspecified atom stereocenters. The van der Waals surface area contributed by atoms with E-state index in [9.17, 15) is 4.39 Å². The van der Waals surface area contributed by atoms with Crippen LogP contribution in [0.15, 0.2) is 30.3 Å². The molecule has 0 radical (unpaired) electrons. The highest BCUT2D eigenvalue weighted by Crippen LogP contribution is 2.39. The van der Waals surface area contributed by atoms with E-state index in [0.717, 1.165) is 12.0 Å². The Labute approximate surface area is 95.4 Å². The van der Waals surface area contributed by atoms with Crippen molar-refractivity contribution in [1.29, 1.82) is 0 Å². The van der Waals surface area contributed by atoms with E-state index in [2.05, 4.69) is 0 Å². The minimum atomic E-state index is -1.16. The van der Waals surface area contributed by atoms with Crippen molar-refractivity contribution in [2.75, 3.05) is 13.2 Å². The Hall–Kier alpha value is -0.930. The summed E-state index contributed by atoms with van der Waals surface area (Å²) in [6.07, 6.45) is -0.406. The lowest BCUT2D eigenvalue weighted by Crippen LogP contribution is -2.52. The van der Waals surface area contributed by atoms with Crippen LogP contribution in [0.4, 0.5) is 4.39 Å². The molecule has 3 heteroatoms. The number of rotatable bonds is 5. The van der Waals surface area contributed by atoms with Gasteiger partial charge in [-0.3, -0.25) is 0 Å². The quantitative estimate of drug-likeness (QED) is 0.765. The third-order valence-corrected chi connectivity index (χ3v) is 3.20. The van der Waals surface area contributed by atoms with E-state index in [0.29, 0.717) is 19.8 Å². The standard InChI is InChI=1S/C13H17FO2/c1-2-13(10-16-12(13)14)9-15-8-11-6-4-3-5-7-11/h3-7,12H,2,8-10H2,1H3. The van der Waals surface area contributed by atoms with Crippen LogP contribution in [0.3, 0.4) is 0 Å². The maximum atomic E-state index is 13.3. The molecule has 88 valence electrons. The van der Waals surface area contributed by atoms with Gasteiger partial charge in [0.05, 0.1) is 25.2 Å². The van der Waals surface area contributed by atoms with Gasteiger partial charge in [0.1, 0.15) is 0 Å². The van der Waals surface area contributed by atoms with Crippen LogP contribution in [-0.2, 0) is 16.1 Å². The van der Waals surface area contributed by atoms with Crippen molar-refractivity contribution in [3.05, 3.63) is 35.9 Å². The van der Waals surface area contributed by atoms with Crippen molar-refractivity contribution < 1.29 is 13.9 Å². The first-order chi connectivity index (χ1) is 7.77. The molecule has 0 saturated carbocycles. The summed E-state index contributed by atoms with van der Waals surface area (Å²) in [5.74, 6) is 0.